The van der Waals surface area contributed by atoms with Crippen LogP contribution in [-0.4, -0.2) is 0 Å². The molecule has 0 aromatic carbocycles. The first-order valence-corrected chi connectivity index (χ1v) is 6.72. The lowest BCUT2D eigenvalue weighted by Gasteiger charge is -2.70. The fraction of sp³-hybridized carbons (Fsp3) is 0.867. The van der Waals surface area contributed by atoms with Crippen molar-refractivity contribution in [2.24, 2.45) is 35.0 Å². The van der Waals surface area contributed by atoms with Crippen molar-refractivity contribution in [1.29, 1.82) is 0 Å². The van der Waals surface area contributed by atoms with Crippen LogP contribution < -0.4 is 0 Å². The van der Waals surface area contributed by atoms with Gasteiger partial charge in [-0.3, -0.25) is 0 Å². The zero-order valence-corrected chi connectivity index (χ0v) is 10.6. The molecular weight excluding hydrogens is 180 g/mol. The fourth-order valence-corrected chi connectivity index (χ4v) is 5.25. The van der Waals surface area contributed by atoms with Gasteiger partial charge in [-0.05, 0) is 61.2 Å². The van der Waals surface area contributed by atoms with E-state index in [4.69, 9.17) is 0 Å². The molecule has 0 aliphatic heterocycles. The van der Waals surface area contributed by atoms with Gasteiger partial charge in [-0.15, -0.1) is 0 Å². The van der Waals surface area contributed by atoms with E-state index in [-0.39, 0.29) is 0 Å². The maximum absolute atomic E-state index is 2.56. The Morgan fingerprint density at radius 1 is 1.40 bits per heavy atom. The van der Waals surface area contributed by atoms with Gasteiger partial charge in [-0.2, -0.15) is 0 Å². The third kappa shape index (κ3) is 1.04. The fourth-order valence-electron chi connectivity index (χ4n) is 5.25. The van der Waals surface area contributed by atoms with Crippen LogP contribution in [0.4, 0.5) is 0 Å². The van der Waals surface area contributed by atoms with E-state index in [1.165, 1.54) is 19.3 Å². The molecule has 0 saturated heterocycles. The Bertz CT molecular complexity index is 312. The van der Waals surface area contributed by atoms with Crippen LogP contribution in [-0.2, 0) is 0 Å². The summed E-state index contributed by atoms with van der Waals surface area (Å²) in [6.45, 7) is 9.81. The highest BCUT2D eigenvalue weighted by molar-refractivity contribution is 5.28. The van der Waals surface area contributed by atoms with Crippen LogP contribution in [0.1, 0.15) is 47.0 Å². The summed E-state index contributed by atoms with van der Waals surface area (Å²) in [5.74, 6) is 4.96. The van der Waals surface area contributed by atoms with E-state index in [1.807, 2.05) is 0 Å². The highest BCUT2D eigenvalue weighted by atomic mass is 14.7. The lowest BCUT2D eigenvalue weighted by Crippen LogP contribution is -2.63. The Kier molecular flexibility index (Phi) is 1.92. The molecule has 4 aliphatic carbocycles. The van der Waals surface area contributed by atoms with Crippen LogP contribution in [0.5, 0.6) is 0 Å². The first kappa shape index (κ1) is 9.93. The van der Waals surface area contributed by atoms with Crippen LogP contribution in [0.3, 0.4) is 0 Å². The molecule has 0 spiro atoms. The van der Waals surface area contributed by atoms with Gasteiger partial charge in [0, 0.05) is 0 Å². The number of fused-ring (bicyclic) bond motifs is 1. The van der Waals surface area contributed by atoms with E-state index >= 15 is 0 Å². The SMILES string of the molecule is CC1=CC[C@@H]2C3[C@H](C(C)C)CC[C@]2(C)[C@@H]13. The highest BCUT2D eigenvalue weighted by Crippen LogP contribution is 2.71. The third-order valence-corrected chi connectivity index (χ3v) is 5.96. The van der Waals surface area contributed by atoms with Gasteiger partial charge < -0.3 is 0 Å². The van der Waals surface area contributed by atoms with E-state index in [0.717, 1.165) is 29.6 Å². The van der Waals surface area contributed by atoms with Gasteiger partial charge in [0.15, 0.2) is 0 Å². The minimum Gasteiger partial charge on any atom is -0.0850 e. The smallest absolute Gasteiger partial charge is 0.0115 e. The largest absolute Gasteiger partial charge is 0.0850 e. The van der Waals surface area contributed by atoms with Gasteiger partial charge in [-0.1, -0.05) is 32.4 Å². The van der Waals surface area contributed by atoms with Gasteiger partial charge in [0.05, 0.1) is 0 Å². The zero-order chi connectivity index (χ0) is 10.8. The molecule has 4 aliphatic rings. The first-order valence-electron chi connectivity index (χ1n) is 6.72. The summed E-state index contributed by atoms with van der Waals surface area (Å²) in [4.78, 5) is 0. The van der Waals surface area contributed by atoms with E-state index in [2.05, 4.69) is 33.8 Å². The molecular formula is C15H24. The van der Waals surface area contributed by atoms with Gasteiger partial charge in [-0.25, -0.2) is 0 Å². The van der Waals surface area contributed by atoms with Crippen molar-refractivity contribution < 1.29 is 0 Å². The molecule has 1 unspecified atom stereocenters. The second kappa shape index (κ2) is 2.90. The molecule has 0 heteroatoms. The second-order valence-electron chi connectivity index (χ2n) is 6.80. The average Bonchev–Trinajstić information content (AvgIpc) is 2.17. The number of rotatable bonds is 1. The van der Waals surface area contributed by atoms with Crippen molar-refractivity contribution in [3.05, 3.63) is 11.6 Å². The molecule has 0 heterocycles. The van der Waals surface area contributed by atoms with Gasteiger partial charge in [0.1, 0.15) is 0 Å². The van der Waals surface area contributed by atoms with Crippen molar-refractivity contribution in [1.82, 2.24) is 0 Å². The average molecular weight is 204 g/mol. The van der Waals surface area contributed by atoms with E-state index < -0.39 is 0 Å². The normalized spacial score (nSPS) is 52.5. The number of hydrogen-bond acceptors (Lipinski definition) is 0. The van der Waals surface area contributed by atoms with E-state index in [1.54, 1.807) is 5.57 Å². The molecule has 0 N–H and O–H groups in total. The summed E-state index contributed by atoms with van der Waals surface area (Å²) >= 11 is 0. The van der Waals surface area contributed by atoms with Crippen LogP contribution in [0.2, 0.25) is 0 Å². The molecule has 2 saturated carbocycles. The van der Waals surface area contributed by atoms with Crippen LogP contribution in [0.25, 0.3) is 0 Å². The predicted octanol–water partition coefficient (Wildman–Crippen LogP) is 4.27. The van der Waals surface area contributed by atoms with Crippen LogP contribution in [0.15, 0.2) is 11.6 Å². The summed E-state index contributed by atoms with van der Waals surface area (Å²) < 4.78 is 0. The molecule has 0 amide bonds. The number of allylic oxidation sites excluding steroid dienone is 2. The topological polar surface area (TPSA) is 0 Å². The van der Waals surface area contributed by atoms with E-state index in [0.29, 0.717) is 5.41 Å². The third-order valence-electron chi connectivity index (χ3n) is 5.96. The van der Waals surface area contributed by atoms with Gasteiger partial charge in [0.25, 0.3) is 0 Å². The first-order chi connectivity index (χ1) is 7.05. The zero-order valence-electron chi connectivity index (χ0n) is 10.6. The Labute approximate surface area is 94.1 Å². The Hall–Kier alpha value is -0.260. The molecule has 2 fully saturated rings. The minimum atomic E-state index is 0.703. The summed E-state index contributed by atoms with van der Waals surface area (Å²) in [6, 6.07) is 0. The molecule has 15 heavy (non-hydrogen) atoms. The summed E-state index contributed by atoms with van der Waals surface area (Å²) in [5, 5.41) is 0. The maximum Gasteiger partial charge on any atom is -0.0115 e. The van der Waals surface area contributed by atoms with Crippen molar-refractivity contribution in [2.45, 2.75) is 47.0 Å². The molecule has 84 valence electrons. The molecule has 5 atom stereocenters. The minimum absolute atomic E-state index is 0.703. The van der Waals surface area contributed by atoms with Gasteiger partial charge >= 0.3 is 0 Å². The summed E-state index contributed by atoms with van der Waals surface area (Å²) in [6.07, 6.45) is 6.90. The lowest BCUT2D eigenvalue weighted by atomic mass is 9.34. The quantitative estimate of drug-likeness (QED) is 0.559. The van der Waals surface area contributed by atoms with Crippen molar-refractivity contribution in [3.63, 3.8) is 0 Å². The highest BCUT2D eigenvalue weighted by Gasteiger charge is 2.64. The second-order valence-corrected chi connectivity index (χ2v) is 6.80. The molecule has 4 rings (SSSR count). The van der Waals surface area contributed by atoms with E-state index in [9.17, 15) is 0 Å². The van der Waals surface area contributed by atoms with Crippen LogP contribution in [0, 0.1) is 35.0 Å². The standard InChI is InChI=1S/C15H24/c1-9(2)11-7-8-15(4)12-6-5-10(3)14(15)13(11)12/h5,9,11-14H,6-8H2,1-4H3/t11-,12+,13?,14-,15-/m0/s1. The van der Waals surface area contributed by atoms with Crippen LogP contribution >= 0.6 is 0 Å². The Morgan fingerprint density at radius 3 is 2.73 bits per heavy atom. The lowest BCUT2D eigenvalue weighted by molar-refractivity contribution is -0.181. The predicted molar refractivity (Wildman–Crippen MR) is 64.5 cm³/mol. The summed E-state index contributed by atoms with van der Waals surface area (Å²) in [7, 11) is 0. The van der Waals surface area contributed by atoms with Crippen molar-refractivity contribution in [3.8, 4) is 0 Å². The monoisotopic (exact) mass is 204 g/mol. The Balaban J connectivity index is 1.95. The van der Waals surface area contributed by atoms with Crippen molar-refractivity contribution in [2.75, 3.05) is 0 Å². The molecule has 0 aromatic heterocycles. The summed E-state index contributed by atoms with van der Waals surface area (Å²) in [5.41, 5.74) is 2.42. The molecule has 0 nitrogen and oxygen atoms in total. The molecule has 0 aromatic rings. The van der Waals surface area contributed by atoms with Crippen molar-refractivity contribution >= 4 is 0 Å². The Morgan fingerprint density at radius 2 is 2.13 bits per heavy atom. The molecule has 4 bridgehead atoms. The maximum atomic E-state index is 2.56. The number of hydrogen-bond donors (Lipinski definition) is 0. The molecule has 0 radical (unpaired) electrons. The van der Waals surface area contributed by atoms with Gasteiger partial charge in [0.2, 0.25) is 0 Å².